The zero-order valence-corrected chi connectivity index (χ0v) is 11.8. The van der Waals surface area contributed by atoms with Gasteiger partial charge in [-0.25, -0.2) is 0 Å². The lowest BCUT2D eigenvalue weighted by molar-refractivity contribution is 0.610. The van der Waals surface area contributed by atoms with E-state index in [4.69, 9.17) is 4.42 Å². The molecule has 0 saturated carbocycles. The van der Waals surface area contributed by atoms with Gasteiger partial charge in [-0.3, -0.25) is 0 Å². The number of nitrogens with one attached hydrogen (secondary N) is 1. The molecule has 1 N–H and O–H groups in total. The van der Waals surface area contributed by atoms with Crippen LogP contribution < -0.4 is 10.2 Å². The van der Waals surface area contributed by atoms with E-state index in [1.54, 1.807) is 0 Å². The van der Waals surface area contributed by atoms with Crippen LogP contribution in [0.4, 0.5) is 11.4 Å². The number of anilines is 2. The van der Waals surface area contributed by atoms with Crippen molar-refractivity contribution in [2.45, 2.75) is 6.54 Å². The van der Waals surface area contributed by atoms with Crippen LogP contribution in [0.3, 0.4) is 0 Å². The monoisotopic (exact) mass is 266 g/mol. The molecule has 1 heterocycles. The van der Waals surface area contributed by atoms with E-state index in [2.05, 4.69) is 47.6 Å². The summed E-state index contributed by atoms with van der Waals surface area (Å²) in [4.78, 5) is 2.22. The molecule has 102 valence electrons. The number of fused-ring (bicyclic) bond motifs is 1. The molecule has 0 spiro atoms. The van der Waals surface area contributed by atoms with Crippen molar-refractivity contribution in [3.05, 3.63) is 60.4 Å². The van der Waals surface area contributed by atoms with Gasteiger partial charge in [0.15, 0.2) is 0 Å². The molecule has 3 rings (SSSR count). The van der Waals surface area contributed by atoms with Gasteiger partial charge in [-0.2, -0.15) is 0 Å². The summed E-state index contributed by atoms with van der Waals surface area (Å²) >= 11 is 0. The van der Waals surface area contributed by atoms with E-state index >= 15 is 0 Å². The molecule has 20 heavy (non-hydrogen) atoms. The number of nitrogens with zero attached hydrogens (tertiary/aromatic N) is 1. The van der Waals surface area contributed by atoms with Crippen LogP contribution in [0.2, 0.25) is 0 Å². The molecule has 0 amide bonds. The van der Waals surface area contributed by atoms with E-state index in [0.717, 1.165) is 17.8 Å². The molecule has 0 saturated heterocycles. The van der Waals surface area contributed by atoms with Crippen molar-refractivity contribution in [1.82, 2.24) is 0 Å². The van der Waals surface area contributed by atoms with Crippen LogP contribution >= 0.6 is 0 Å². The van der Waals surface area contributed by atoms with Crippen molar-refractivity contribution in [3.8, 4) is 0 Å². The fraction of sp³-hybridized carbons (Fsp3) is 0.176. The summed E-state index contributed by atoms with van der Waals surface area (Å²) in [5.74, 6) is 0. The molecule has 0 fully saturated rings. The SMILES string of the molecule is CNc1ccc(N(C)Cc2coc3ccccc23)cc1. The van der Waals surface area contributed by atoms with Crippen LogP contribution in [0.1, 0.15) is 5.56 Å². The molecular formula is C17H18N2O. The van der Waals surface area contributed by atoms with Gasteiger partial charge in [0.05, 0.1) is 6.26 Å². The fourth-order valence-corrected chi connectivity index (χ4v) is 2.38. The van der Waals surface area contributed by atoms with Crippen molar-refractivity contribution < 1.29 is 4.42 Å². The Bertz CT molecular complexity index is 700. The molecule has 0 unspecified atom stereocenters. The van der Waals surface area contributed by atoms with Crippen molar-refractivity contribution in [1.29, 1.82) is 0 Å². The Kier molecular flexibility index (Phi) is 3.33. The van der Waals surface area contributed by atoms with E-state index in [9.17, 15) is 0 Å². The molecule has 3 nitrogen and oxygen atoms in total. The molecule has 3 heteroatoms. The number of hydrogen-bond acceptors (Lipinski definition) is 3. The van der Waals surface area contributed by atoms with Gasteiger partial charge >= 0.3 is 0 Å². The Morgan fingerprint density at radius 3 is 2.55 bits per heavy atom. The van der Waals surface area contributed by atoms with E-state index < -0.39 is 0 Å². The molecule has 1 aromatic heterocycles. The second-order valence-electron chi connectivity index (χ2n) is 4.91. The number of furan rings is 1. The standard InChI is InChI=1S/C17H18N2O/c1-18-14-7-9-15(10-8-14)19(2)11-13-12-20-17-6-4-3-5-16(13)17/h3-10,12,18H,11H2,1-2H3. The third kappa shape index (κ3) is 2.35. The van der Waals surface area contributed by atoms with Crippen LogP contribution in [0.5, 0.6) is 0 Å². The maximum atomic E-state index is 5.59. The van der Waals surface area contributed by atoms with Gasteiger partial charge in [-0.1, -0.05) is 18.2 Å². The molecule has 0 aliphatic rings. The molecule has 0 aliphatic carbocycles. The lowest BCUT2D eigenvalue weighted by atomic mass is 10.1. The first-order valence-electron chi connectivity index (χ1n) is 6.72. The predicted molar refractivity (Wildman–Crippen MR) is 84.3 cm³/mol. The summed E-state index contributed by atoms with van der Waals surface area (Å²) in [6, 6.07) is 16.5. The Morgan fingerprint density at radius 2 is 1.80 bits per heavy atom. The van der Waals surface area contributed by atoms with E-state index in [0.29, 0.717) is 0 Å². The summed E-state index contributed by atoms with van der Waals surface area (Å²) < 4.78 is 5.59. The van der Waals surface area contributed by atoms with Gasteiger partial charge in [-0.15, -0.1) is 0 Å². The van der Waals surface area contributed by atoms with Gasteiger partial charge in [-0.05, 0) is 30.3 Å². The summed E-state index contributed by atoms with van der Waals surface area (Å²) in [6.45, 7) is 0.829. The molecule has 0 atom stereocenters. The first kappa shape index (κ1) is 12.6. The highest BCUT2D eigenvalue weighted by atomic mass is 16.3. The maximum Gasteiger partial charge on any atom is 0.134 e. The average molecular weight is 266 g/mol. The van der Waals surface area contributed by atoms with Gasteiger partial charge in [0.1, 0.15) is 5.58 Å². The number of para-hydroxylation sites is 1. The highest BCUT2D eigenvalue weighted by Crippen LogP contribution is 2.24. The third-order valence-corrected chi connectivity index (χ3v) is 3.57. The Morgan fingerprint density at radius 1 is 1.05 bits per heavy atom. The van der Waals surface area contributed by atoms with Crippen LogP contribution in [0, 0.1) is 0 Å². The zero-order valence-electron chi connectivity index (χ0n) is 11.8. The number of hydrogen-bond donors (Lipinski definition) is 1. The Hall–Kier alpha value is -2.42. The highest BCUT2D eigenvalue weighted by molar-refractivity contribution is 5.81. The van der Waals surface area contributed by atoms with Gasteiger partial charge in [0.25, 0.3) is 0 Å². The second kappa shape index (κ2) is 5.29. The lowest BCUT2D eigenvalue weighted by Crippen LogP contribution is -2.15. The minimum Gasteiger partial charge on any atom is -0.464 e. The molecule has 0 bridgehead atoms. The van der Waals surface area contributed by atoms with Gasteiger partial charge < -0.3 is 14.6 Å². The summed E-state index contributed by atoms with van der Waals surface area (Å²) in [6.07, 6.45) is 1.85. The molecule has 0 aliphatic heterocycles. The van der Waals surface area contributed by atoms with Crippen LogP contribution in [0.25, 0.3) is 11.0 Å². The van der Waals surface area contributed by atoms with Crippen molar-refractivity contribution in [2.75, 3.05) is 24.3 Å². The summed E-state index contributed by atoms with van der Waals surface area (Å²) in [5.41, 5.74) is 4.47. The van der Waals surface area contributed by atoms with Gasteiger partial charge in [0, 0.05) is 43.0 Å². The minimum absolute atomic E-state index is 0.829. The summed E-state index contributed by atoms with van der Waals surface area (Å²) in [7, 11) is 4.02. The zero-order chi connectivity index (χ0) is 13.9. The first-order chi connectivity index (χ1) is 9.78. The Balaban J connectivity index is 1.82. The van der Waals surface area contributed by atoms with E-state index in [1.807, 2.05) is 31.5 Å². The molecule has 3 aromatic rings. The lowest BCUT2D eigenvalue weighted by Gasteiger charge is -2.19. The van der Waals surface area contributed by atoms with Crippen LogP contribution in [-0.4, -0.2) is 14.1 Å². The van der Waals surface area contributed by atoms with Crippen molar-refractivity contribution in [2.24, 2.45) is 0 Å². The topological polar surface area (TPSA) is 28.4 Å². The van der Waals surface area contributed by atoms with Crippen molar-refractivity contribution >= 4 is 22.3 Å². The largest absolute Gasteiger partial charge is 0.464 e. The quantitative estimate of drug-likeness (QED) is 0.770. The van der Waals surface area contributed by atoms with Crippen LogP contribution in [-0.2, 0) is 6.54 Å². The normalized spacial score (nSPS) is 10.7. The average Bonchev–Trinajstić information content (AvgIpc) is 2.91. The molecular weight excluding hydrogens is 248 g/mol. The smallest absolute Gasteiger partial charge is 0.134 e. The van der Waals surface area contributed by atoms with Crippen molar-refractivity contribution in [3.63, 3.8) is 0 Å². The fourth-order valence-electron chi connectivity index (χ4n) is 2.38. The van der Waals surface area contributed by atoms with E-state index in [-0.39, 0.29) is 0 Å². The Labute approximate surface area is 118 Å². The van der Waals surface area contributed by atoms with Crippen LogP contribution in [0.15, 0.2) is 59.2 Å². The second-order valence-corrected chi connectivity index (χ2v) is 4.91. The first-order valence-corrected chi connectivity index (χ1v) is 6.72. The minimum atomic E-state index is 0.829. The summed E-state index contributed by atoms with van der Waals surface area (Å²) in [5, 5.41) is 4.32. The number of benzene rings is 2. The maximum absolute atomic E-state index is 5.59. The van der Waals surface area contributed by atoms with E-state index in [1.165, 1.54) is 16.6 Å². The highest BCUT2D eigenvalue weighted by Gasteiger charge is 2.08. The predicted octanol–water partition coefficient (Wildman–Crippen LogP) is 4.11. The number of rotatable bonds is 4. The van der Waals surface area contributed by atoms with Gasteiger partial charge in [0.2, 0.25) is 0 Å². The molecule has 0 radical (unpaired) electrons. The molecule has 2 aromatic carbocycles. The third-order valence-electron chi connectivity index (χ3n) is 3.57.